The highest BCUT2D eigenvalue weighted by Gasteiger charge is 2.10. The van der Waals surface area contributed by atoms with Crippen LogP contribution >= 0.6 is 12.2 Å². The topological polar surface area (TPSA) is 12.0 Å². The van der Waals surface area contributed by atoms with Gasteiger partial charge < -0.3 is 5.32 Å². The largest absolute Gasteiger partial charge is 0.375 e. The minimum atomic E-state index is 0.895. The smallest absolute Gasteiger partial charge is 0.106 e. The van der Waals surface area contributed by atoms with Gasteiger partial charge in [-0.2, -0.15) is 0 Å². The van der Waals surface area contributed by atoms with Gasteiger partial charge in [-0.3, -0.25) is 0 Å². The molecule has 0 aromatic heterocycles. The standard InChI is InChI=1S/C9H9NS/c11-9-8-4-2-1-3-7(8)5-6-10-9/h1-4H,5-6H2,(H,10,11). The van der Waals surface area contributed by atoms with Gasteiger partial charge in [-0.1, -0.05) is 36.5 Å². The van der Waals surface area contributed by atoms with E-state index in [1.165, 1.54) is 11.1 Å². The molecule has 1 aromatic rings. The van der Waals surface area contributed by atoms with E-state index in [0.717, 1.165) is 18.0 Å². The zero-order valence-electron chi connectivity index (χ0n) is 6.13. The molecule has 0 amide bonds. The molecule has 2 rings (SSSR count). The van der Waals surface area contributed by atoms with Crippen molar-refractivity contribution < 1.29 is 0 Å². The average Bonchev–Trinajstić information content (AvgIpc) is 2.06. The Morgan fingerprint density at radius 2 is 2.09 bits per heavy atom. The summed E-state index contributed by atoms with van der Waals surface area (Å²) in [5.74, 6) is 0. The van der Waals surface area contributed by atoms with Crippen LogP contribution in [-0.4, -0.2) is 11.5 Å². The lowest BCUT2D eigenvalue weighted by Crippen LogP contribution is -2.30. The summed E-state index contributed by atoms with van der Waals surface area (Å²) in [5.41, 5.74) is 2.57. The van der Waals surface area contributed by atoms with Crippen molar-refractivity contribution >= 4 is 17.2 Å². The molecule has 0 saturated carbocycles. The van der Waals surface area contributed by atoms with Crippen molar-refractivity contribution in [2.45, 2.75) is 6.42 Å². The summed E-state index contributed by atoms with van der Waals surface area (Å²) in [4.78, 5) is 0.895. The fourth-order valence-corrected chi connectivity index (χ4v) is 1.67. The fourth-order valence-electron chi connectivity index (χ4n) is 1.37. The molecule has 1 N–H and O–H groups in total. The summed E-state index contributed by atoms with van der Waals surface area (Å²) in [5, 5.41) is 3.17. The van der Waals surface area contributed by atoms with Gasteiger partial charge >= 0.3 is 0 Å². The van der Waals surface area contributed by atoms with E-state index < -0.39 is 0 Å². The molecule has 0 unspecified atom stereocenters. The minimum Gasteiger partial charge on any atom is -0.375 e. The second kappa shape index (κ2) is 2.62. The van der Waals surface area contributed by atoms with Crippen LogP contribution in [0.1, 0.15) is 11.1 Å². The van der Waals surface area contributed by atoms with Crippen LogP contribution in [0.4, 0.5) is 0 Å². The minimum absolute atomic E-state index is 0.895. The summed E-state index contributed by atoms with van der Waals surface area (Å²) < 4.78 is 0. The fraction of sp³-hybridized carbons (Fsp3) is 0.222. The average molecular weight is 163 g/mol. The van der Waals surface area contributed by atoms with Gasteiger partial charge in [0.1, 0.15) is 4.99 Å². The Balaban J connectivity index is 2.52. The Kier molecular flexibility index (Phi) is 1.62. The molecule has 0 atom stereocenters. The van der Waals surface area contributed by atoms with Crippen LogP contribution in [0.25, 0.3) is 0 Å². The third kappa shape index (κ3) is 1.14. The van der Waals surface area contributed by atoms with E-state index in [1.54, 1.807) is 0 Å². The lowest BCUT2D eigenvalue weighted by molar-refractivity contribution is 0.848. The second-order valence-corrected chi connectivity index (χ2v) is 3.07. The first-order valence-electron chi connectivity index (χ1n) is 3.74. The summed E-state index contributed by atoms with van der Waals surface area (Å²) >= 11 is 5.15. The molecule has 0 fully saturated rings. The number of benzene rings is 1. The quantitative estimate of drug-likeness (QED) is 0.582. The van der Waals surface area contributed by atoms with E-state index in [4.69, 9.17) is 12.2 Å². The molecule has 11 heavy (non-hydrogen) atoms. The van der Waals surface area contributed by atoms with Crippen LogP contribution < -0.4 is 5.32 Å². The first-order valence-corrected chi connectivity index (χ1v) is 4.15. The predicted octanol–water partition coefficient (Wildman–Crippen LogP) is 1.51. The van der Waals surface area contributed by atoms with Gasteiger partial charge in [0, 0.05) is 12.1 Å². The summed E-state index contributed by atoms with van der Waals surface area (Å²) in [7, 11) is 0. The van der Waals surface area contributed by atoms with E-state index in [2.05, 4.69) is 23.5 Å². The molecule has 0 saturated heterocycles. The molecule has 0 aliphatic carbocycles. The van der Waals surface area contributed by atoms with Gasteiger partial charge in [0.05, 0.1) is 0 Å². The van der Waals surface area contributed by atoms with Crippen molar-refractivity contribution in [3.63, 3.8) is 0 Å². The van der Waals surface area contributed by atoms with Crippen LogP contribution in [0.5, 0.6) is 0 Å². The second-order valence-electron chi connectivity index (χ2n) is 2.66. The zero-order chi connectivity index (χ0) is 7.68. The highest BCUT2D eigenvalue weighted by Crippen LogP contribution is 2.12. The molecular weight excluding hydrogens is 154 g/mol. The van der Waals surface area contributed by atoms with E-state index in [1.807, 2.05) is 6.07 Å². The van der Waals surface area contributed by atoms with Crippen molar-refractivity contribution in [3.05, 3.63) is 35.4 Å². The molecule has 0 radical (unpaired) electrons. The predicted molar refractivity (Wildman–Crippen MR) is 49.8 cm³/mol. The molecule has 1 heterocycles. The molecule has 1 nitrogen and oxygen atoms in total. The Hall–Kier alpha value is -0.890. The molecule has 56 valence electrons. The third-order valence-corrected chi connectivity index (χ3v) is 2.31. The van der Waals surface area contributed by atoms with Crippen molar-refractivity contribution in [1.82, 2.24) is 5.32 Å². The Morgan fingerprint density at radius 3 is 2.91 bits per heavy atom. The number of fused-ring (bicyclic) bond motifs is 1. The number of hydrogen-bond donors (Lipinski definition) is 1. The van der Waals surface area contributed by atoms with Crippen LogP contribution in [0.2, 0.25) is 0 Å². The summed E-state index contributed by atoms with van der Waals surface area (Å²) in [6.45, 7) is 0.982. The maximum atomic E-state index is 5.15. The summed E-state index contributed by atoms with van der Waals surface area (Å²) in [6, 6.07) is 8.30. The molecule has 2 heteroatoms. The monoisotopic (exact) mass is 163 g/mol. The molecule has 0 spiro atoms. The summed E-state index contributed by atoms with van der Waals surface area (Å²) in [6.07, 6.45) is 1.09. The van der Waals surface area contributed by atoms with Crippen molar-refractivity contribution in [2.24, 2.45) is 0 Å². The normalized spacial score (nSPS) is 15.5. The lowest BCUT2D eigenvalue weighted by atomic mass is 10.0. The van der Waals surface area contributed by atoms with E-state index in [9.17, 15) is 0 Å². The maximum Gasteiger partial charge on any atom is 0.106 e. The first kappa shape index (κ1) is 6.80. The number of thiocarbonyl (C=S) groups is 1. The SMILES string of the molecule is S=C1NCCc2ccccc21. The van der Waals surface area contributed by atoms with Gasteiger partial charge in [0.15, 0.2) is 0 Å². The Morgan fingerprint density at radius 1 is 1.27 bits per heavy atom. The van der Waals surface area contributed by atoms with Crippen LogP contribution in [0.3, 0.4) is 0 Å². The maximum absolute atomic E-state index is 5.15. The first-order chi connectivity index (χ1) is 5.38. The van der Waals surface area contributed by atoms with Gasteiger partial charge in [0.25, 0.3) is 0 Å². The highest BCUT2D eigenvalue weighted by molar-refractivity contribution is 7.80. The third-order valence-electron chi connectivity index (χ3n) is 1.94. The number of hydrogen-bond acceptors (Lipinski definition) is 1. The van der Waals surface area contributed by atoms with Crippen LogP contribution in [0.15, 0.2) is 24.3 Å². The molecular formula is C9H9NS. The highest BCUT2D eigenvalue weighted by atomic mass is 32.1. The van der Waals surface area contributed by atoms with Crippen molar-refractivity contribution in [3.8, 4) is 0 Å². The Labute approximate surface area is 71.4 Å². The lowest BCUT2D eigenvalue weighted by Gasteiger charge is -2.17. The molecule has 1 aliphatic heterocycles. The van der Waals surface area contributed by atoms with Gasteiger partial charge in [0.2, 0.25) is 0 Å². The van der Waals surface area contributed by atoms with Crippen LogP contribution in [0, 0.1) is 0 Å². The molecule has 1 aromatic carbocycles. The van der Waals surface area contributed by atoms with E-state index in [-0.39, 0.29) is 0 Å². The van der Waals surface area contributed by atoms with Crippen molar-refractivity contribution in [1.29, 1.82) is 0 Å². The zero-order valence-corrected chi connectivity index (χ0v) is 6.95. The van der Waals surface area contributed by atoms with E-state index >= 15 is 0 Å². The van der Waals surface area contributed by atoms with E-state index in [0.29, 0.717) is 0 Å². The van der Waals surface area contributed by atoms with Crippen LogP contribution in [-0.2, 0) is 6.42 Å². The molecule has 0 bridgehead atoms. The number of rotatable bonds is 0. The van der Waals surface area contributed by atoms with Gasteiger partial charge in [-0.05, 0) is 12.0 Å². The molecule has 1 aliphatic rings. The number of nitrogens with one attached hydrogen (secondary N) is 1. The van der Waals surface area contributed by atoms with Gasteiger partial charge in [-0.15, -0.1) is 0 Å². The Bertz CT molecular complexity index is 293. The van der Waals surface area contributed by atoms with Crippen molar-refractivity contribution in [2.75, 3.05) is 6.54 Å². The van der Waals surface area contributed by atoms with Gasteiger partial charge in [-0.25, -0.2) is 0 Å².